The Morgan fingerprint density at radius 3 is 2.42 bits per heavy atom. The van der Waals surface area contributed by atoms with Crippen LogP contribution in [0.5, 0.6) is 11.5 Å². The van der Waals surface area contributed by atoms with Crippen LogP contribution in [-0.2, 0) is 0 Å². The first kappa shape index (κ1) is 19.7. The van der Waals surface area contributed by atoms with Crippen molar-refractivity contribution in [1.82, 2.24) is 10.6 Å². The van der Waals surface area contributed by atoms with Crippen LogP contribution in [0.4, 0.5) is 0 Å². The van der Waals surface area contributed by atoms with Gasteiger partial charge in [0, 0.05) is 12.1 Å². The van der Waals surface area contributed by atoms with Crippen LogP contribution >= 0.6 is 12.2 Å². The van der Waals surface area contributed by atoms with Crippen molar-refractivity contribution in [1.29, 1.82) is 0 Å². The lowest BCUT2D eigenvalue weighted by Crippen LogP contribution is -2.41. The molecule has 0 fully saturated rings. The molecule has 0 spiro atoms. The predicted octanol–water partition coefficient (Wildman–Crippen LogP) is 2.13. The average Bonchev–Trinajstić information content (AvgIpc) is 2.64. The number of para-hydroxylation sites is 1. The zero-order chi connectivity index (χ0) is 18.8. The zero-order valence-corrected chi connectivity index (χ0v) is 15.3. The minimum Gasteiger partial charge on any atom is -0.490 e. The highest BCUT2D eigenvalue weighted by molar-refractivity contribution is 7.80. The predicted molar refractivity (Wildman–Crippen MR) is 104 cm³/mol. The van der Waals surface area contributed by atoms with Crippen molar-refractivity contribution in [3.8, 4) is 11.5 Å². The Labute approximate surface area is 158 Å². The van der Waals surface area contributed by atoms with Crippen molar-refractivity contribution in [3.05, 3.63) is 60.2 Å². The number of nitrogens with one attached hydrogen (secondary N) is 2. The quantitative estimate of drug-likeness (QED) is 0.485. The maximum Gasteiger partial charge on any atom is 0.257 e. The third-order valence-electron chi connectivity index (χ3n) is 3.25. The summed E-state index contributed by atoms with van der Waals surface area (Å²) in [5.41, 5.74) is 0.424. The normalized spacial score (nSPS) is 11.3. The molecule has 0 heterocycles. The minimum atomic E-state index is -0.556. The number of aliphatic hydroxyl groups is 1. The van der Waals surface area contributed by atoms with E-state index >= 15 is 0 Å². The Kier molecular flexibility index (Phi) is 7.85. The highest BCUT2D eigenvalue weighted by atomic mass is 32.1. The molecule has 0 saturated heterocycles. The van der Waals surface area contributed by atoms with E-state index in [4.69, 9.17) is 21.7 Å². The number of thiocarbonyl (C=S) groups is 1. The van der Waals surface area contributed by atoms with Crippen molar-refractivity contribution in [2.75, 3.05) is 19.8 Å². The lowest BCUT2D eigenvalue weighted by atomic mass is 10.2. The highest BCUT2D eigenvalue weighted by Crippen LogP contribution is 2.14. The zero-order valence-electron chi connectivity index (χ0n) is 14.5. The van der Waals surface area contributed by atoms with Gasteiger partial charge in [-0.2, -0.15) is 0 Å². The summed E-state index contributed by atoms with van der Waals surface area (Å²) in [4.78, 5) is 12.2. The summed E-state index contributed by atoms with van der Waals surface area (Å²) in [5, 5.41) is 14.7. The molecule has 6 nitrogen and oxygen atoms in total. The molecule has 26 heavy (non-hydrogen) atoms. The Balaban J connectivity index is 1.79. The molecule has 0 saturated carbocycles. The van der Waals surface area contributed by atoms with Crippen LogP contribution < -0.4 is 20.1 Å². The van der Waals surface area contributed by atoms with Gasteiger partial charge in [0.15, 0.2) is 5.11 Å². The summed E-state index contributed by atoms with van der Waals surface area (Å²) in [6.07, 6.45) is -0.556. The molecule has 2 aromatic rings. The van der Waals surface area contributed by atoms with E-state index in [9.17, 15) is 9.90 Å². The third kappa shape index (κ3) is 7.08. The molecule has 7 heteroatoms. The second-order valence-corrected chi connectivity index (χ2v) is 5.96. The van der Waals surface area contributed by atoms with Crippen molar-refractivity contribution in [2.45, 2.75) is 13.0 Å². The maximum atomic E-state index is 12.2. The van der Waals surface area contributed by atoms with E-state index in [0.29, 0.717) is 24.5 Å². The van der Waals surface area contributed by atoms with Gasteiger partial charge in [0.05, 0.1) is 6.10 Å². The van der Waals surface area contributed by atoms with E-state index in [1.165, 1.54) is 0 Å². The Morgan fingerprint density at radius 2 is 1.73 bits per heavy atom. The van der Waals surface area contributed by atoms with Gasteiger partial charge >= 0.3 is 0 Å². The number of hydrogen-bond acceptors (Lipinski definition) is 5. The van der Waals surface area contributed by atoms with Crippen LogP contribution in [-0.4, -0.2) is 42.0 Å². The smallest absolute Gasteiger partial charge is 0.257 e. The van der Waals surface area contributed by atoms with Gasteiger partial charge in [-0.1, -0.05) is 24.3 Å². The molecule has 0 radical (unpaired) electrons. The molecule has 0 aromatic heterocycles. The van der Waals surface area contributed by atoms with Crippen LogP contribution in [0.3, 0.4) is 0 Å². The lowest BCUT2D eigenvalue weighted by Gasteiger charge is -2.12. The van der Waals surface area contributed by atoms with Crippen molar-refractivity contribution in [2.24, 2.45) is 0 Å². The third-order valence-corrected chi connectivity index (χ3v) is 3.49. The largest absolute Gasteiger partial charge is 0.490 e. The number of rotatable bonds is 8. The topological polar surface area (TPSA) is 79.8 Å². The number of ether oxygens (including phenoxy) is 2. The summed E-state index contributed by atoms with van der Waals surface area (Å²) >= 11 is 5.01. The molecule has 0 aliphatic carbocycles. The molecule has 0 aliphatic heterocycles. The average molecular weight is 374 g/mol. The molecule has 1 amide bonds. The van der Waals surface area contributed by atoms with E-state index in [1.54, 1.807) is 31.2 Å². The molecule has 2 rings (SSSR count). The van der Waals surface area contributed by atoms with Crippen molar-refractivity contribution >= 4 is 23.2 Å². The van der Waals surface area contributed by atoms with Gasteiger partial charge in [-0.25, -0.2) is 0 Å². The first-order valence-corrected chi connectivity index (χ1v) is 8.63. The molecule has 0 aliphatic rings. The van der Waals surface area contributed by atoms with Crippen molar-refractivity contribution < 1.29 is 19.4 Å². The second kappa shape index (κ2) is 10.4. The van der Waals surface area contributed by atoms with Crippen molar-refractivity contribution in [3.63, 3.8) is 0 Å². The van der Waals surface area contributed by atoms with Crippen LogP contribution in [0.1, 0.15) is 17.3 Å². The molecular weight excluding hydrogens is 352 g/mol. The fourth-order valence-electron chi connectivity index (χ4n) is 2.02. The molecule has 0 bridgehead atoms. The van der Waals surface area contributed by atoms with Crippen LogP contribution in [0.2, 0.25) is 0 Å². The number of amides is 1. The summed E-state index contributed by atoms with van der Waals surface area (Å²) in [6.45, 7) is 2.64. The first-order valence-electron chi connectivity index (χ1n) is 8.22. The van der Waals surface area contributed by atoms with E-state index < -0.39 is 6.10 Å². The summed E-state index contributed by atoms with van der Waals surface area (Å²) in [7, 11) is 0. The van der Waals surface area contributed by atoms with Gasteiger partial charge in [-0.3, -0.25) is 10.1 Å². The Morgan fingerprint density at radius 1 is 1.08 bits per heavy atom. The van der Waals surface area contributed by atoms with Gasteiger partial charge in [0.2, 0.25) is 0 Å². The molecule has 2 aromatic carbocycles. The van der Waals surface area contributed by atoms with E-state index in [0.717, 1.165) is 5.75 Å². The Bertz CT molecular complexity index is 722. The van der Waals surface area contributed by atoms with Gasteiger partial charge in [0.1, 0.15) is 24.7 Å². The van der Waals surface area contributed by atoms with Crippen LogP contribution in [0, 0.1) is 0 Å². The van der Waals surface area contributed by atoms with Gasteiger partial charge in [0.25, 0.3) is 5.91 Å². The number of benzene rings is 2. The lowest BCUT2D eigenvalue weighted by molar-refractivity contribution is 0.0975. The maximum absolute atomic E-state index is 12.2. The van der Waals surface area contributed by atoms with Gasteiger partial charge in [-0.15, -0.1) is 0 Å². The monoisotopic (exact) mass is 374 g/mol. The van der Waals surface area contributed by atoms with E-state index in [-0.39, 0.29) is 17.6 Å². The fraction of sp³-hybridized carbons (Fsp3) is 0.263. The molecule has 3 N–H and O–H groups in total. The summed E-state index contributed by atoms with van der Waals surface area (Å²) in [5.74, 6) is 0.999. The number of carbonyl (C=O) groups is 1. The highest BCUT2D eigenvalue weighted by Gasteiger charge is 2.09. The molecule has 1 atom stereocenters. The molecular formula is C19H22N2O4S. The SMILES string of the molecule is CC(O)CNC(=S)NC(=O)c1cccc(OCCOc2ccccc2)c1. The van der Waals surface area contributed by atoms with Gasteiger partial charge in [-0.05, 0) is 49.5 Å². The number of carbonyl (C=O) groups excluding carboxylic acids is 1. The number of hydrogen-bond donors (Lipinski definition) is 3. The minimum absolute atomic E-state index is 0.165. The second-order valence-electron chi connectivity index (χ2n) is 5.55. The van der Waals surface area contributed by atoms with E-state index in [1.807, 2.05) is 30.3 Å². The van der Waals surface area contributed by atoms with Crippen LogP contribution in [0.15, 0.2) is 54.6 Å². The Hall–Kier alpha value is -2.64. The summed E-state index contributed by atoms with van der Waals surface area (Å²) in [6, 6.07) is 16.3. The number of aliphatic hydroxyl groups excluding tert-OH is 1. The molecule has 138 valence electrons. The molecule has 1 unspecified atom stereocenters. The van der Waals surface area contributed by atoms with E-state index in [2.05, 4.69) is 10.6 Å². The standard InChI is InChI=1S/C19H22N2O4S/c1-14(22)13-20-19(26)21-18(23)15-6-5-9-17(12-15)25-11-10-24-16-7-3-2-4-8-16/h2-9,12,14,22H,10-11,13H2,1H3,(H2,20,21,23,26). The summed E-state index contributed by atoms with van der Waals surface area (Å²) < 4.78 is 11.2. The van der Waals surface area contributed by atoms with Gasteiger partial charge < -0.3 is 19.9 Å². The fourth-order valence-corrected chi connectivity index (χ4v) is 2.20. The first-order chi connectivity index (χ1) is 12.5. The van der Waals surface area contributed by atoms with Crippen LogP contribution in [0.25, 0.3) is 0 Å².